The molecule has 0 atom stereocenters. The van der Waals surface area contributed by atoms with Crippen molar-refractivity contribution >= 4 is 34.7 Å². The highest BCUT2D eigenvalue weighted by molar-refractivity contribution is 6.30. The number of aromatic nitrogens is 2. The van der Waals surface area contributed by atoms with Crippen LogP contribution in [0.2, 0.25) is 5.15 Å². The third kappa shape index (κ3) is 4.75. The Labute approximate surface area is 180 Å². The molecular formula is C20H27ClN6O3. The van der Waals surface area contributed by atoms with Crippen molar-refractivity contribution in [3.05, 3.63) is 34.7 Å². The monoisotopic (exact) mass is 434 g/mol. The maximum atomic E-state index is 11.9. The van der Waals surface area contributed by atoms with Crippen molar-refractivity contribution in [3.8, 4) is 5.75 Å². The molecule has 1 amide bonds. The topological polar surface area (TPSA) is 117 Å². The van der Waals surface area contributed by atoms with Gasteiger partial charge in [0.1, 0.15) is 17.0 Å². The zero-order valence-electron chi connectivity index (χ0n) is 17.6. The fourth-order valence-electron chi connectivity index (χ4n) is 3.26. The molecule has 9 nitrogen and oxygen atoms in total. The van der Waals surface area contributed by atoms with Crippen LogP contribution < -0.4 is 20.7 Å². The van der Waals surface area contributed by atoms with Crippen molar-refractivity contribution in [2.75, 3.05) is 50.6 Å². The molecule has 1 saturated heterocycles. The second kappa shape index (κ2) is 8.63. The van der Waals surface area contributed by atoms with Crippen molar-refractivity contribution in [2.24, 2.45) is 5.73 Å². The standard InChI is InChI=1S/C20H27ClN6O3/c1-20(2,29)16-17(21)25-19(15(24-16)18(22)28)23-12-5-6-13(14(11-12)30-4)27-9-7-26(3)8-10-27/h5-6,11,29H,7-10H2,1-4H3,(H2,22,28)(H,23,25). The van der Waals surface area contributed by atoms with Crippen LogP contribution >= 0.6 is 11.6 Å². The largest absolute Gasteiger partial charge is 0.495 e. The Morgan fingerprint density at radius 2 is 1.93 bits per heavy atom. The molecule has 1 aliphatic heterocycles. The quantitative estimate of drug-likeness (QED) is 0.631. The molecule has 0 bridgehead atoms. The maximum absolute atomic E-state index is 11.9. The lowest BCUT2D eigenvalue weighted by Crippen LogP contribution is -2.44. The second-order valence-corrected chi connectivity index (χ2v) is 8.14. The minimum atomic E-state index is -1.37. The minimum absolute atomic E-state index is 0.0176. The average Bonchev–Trinajstić information content (AvgIpc) is 2.67. The predicted octanol–water partition coefficient (Wildman–Crippen LogP) is 1.96. The number of primary amides is 1. The maximum Gasteiger partial charge on any atom is 0.271 e. The molecule has 3 rings (SSSR count). The van der Waals surface area contributed by atoms with E-state index in [2.05, 4.69) is 32.1 Å². The van der Waals surface area contributed by atoms with Gasteiger partial charge in [-0.25, -0.2) is 9.97 Å². The van der Waals surface area contributed by atoms with Crippen molar-refractivity contribution in [1.82, 2.24) is 14.9 Å². The van der Waals surface area contributed by atoms with E-state index in [4.69, 9.17) is 22.1 Å². The summed E-state index contributed by atoms with van der Waals surface area (Å²) in [6, 6.07) is 5.63. The number of carbonyl (C=O) groups excluding carboxylic acids is 1. The van der Waals surface area contributed by atoms with E-state index in [-0.39, 0.29) is 22.4 Å². The van der Waals surface area contributed by atoms with Gasteiger partial charge in [0, 0.05) is 37.9 Å². The van der Waals surface area contributed by atoms with Crippen LogP contribution in [0.4, 0.5) is 17.2 Å². The third-order valence-corrected chi connectivity index (χ3v) is 5.22. The molecule has 2 heterocycles. The highest BCUT2D eigenvalue weighted by atomic mass is 35.5. The second-order valence-electron chi connectivity index (χ2n) is 7.79. The van der Waals surface area contributed by atoms with Crippen LogP contribution in [-0.4, -0.2) is 66.2 Å². The smallest absolute Gasteiger partial charge is 0.271 e. The number of rotatable bonds is 6. The normalized spacial score (nSPS) is 15.2. The van der Waals surface area contributed by atoms with Gasteiger partial charge < -0.3 is 30.7 Å². The van der Waals surface area contributed by atoms with Gasteiger partial charge in [-0.05, 0) is 33.0 Å². The number of nitrogens with one attached hydrogen (secondary N) is 1. The van der Waals surface area contributed by atoms with E-state index < -0.39 is 11.5 Å². The number of aliphatic hydroxyl groups is 1. The highest BCUT2D eigenvalue weighted by Crippen LogP contribution is 2.34. The van der Waals surface area contributed by atoms with Gasteiger partial charge in [0.25, 0.3) is 5.91 Å². The van der Waals surface area contributed by atoms with Crippen LogP contribution in [0, 0.1) is 0 Å². The van der Waals surface area contributed by atoms with Crippen LogP contribution in [0.5, 0.6) is 5.75 Å². The Bertz CT molecular complexity index is 939. The Morgan fingerprint density at radius 1 is 1.27 bits per heavy atom. The van der Waals surface area contributed by atoms with Gasteiger partial charge in [-0.1, -0.05) is 11.6 Å². The van der Waals surface area contributed by atoms with E-state index in [1.807, 2.05) is 18.2 Å². The molecule has 0 radical (unpaired) electrons. The third-order valence-electron chi connectivity index (χ3n) is 4.95. The van der Waals surface area contributed by atoms with Gasteiger partial charge >= 0.3 is 0 Å². The lowest BCUT2D eigenvalue weighted by atomic mass is 10.1. The minimum Gasteiger partial charge on any atom is -0.495 e. The molecule has 1 aromatic heterocycles. The van der Waals surface area contributed by atoms with Gasteiger partial charge in [-0.2, -0.15) is 0 Å². The summed E-state index contributed by atoms with van der Waals surface area (Å²) >= 11 is 6.19. The van der Waals surface area contributed by atoms with E-state index in [0.29, 0.717) is 11.4 Å². The van der Waals surface area contributed by atoms with E-state index in [1.54, 1.807) is 7.11 Å². The van der Waals surface area contributed by atoms with Crippen LogP contribution in [0.1, 0.15) is 30.0 Å². The Balaban J connectivity index is 1.92. The molecule has 0 aliphatic carbocycles. The summed E-state index contributed by atoms with van der Waals surface area (Å²) in [7, 11) is 3.72. The van der Waals surface area contributed by atoms with Crippen LogP contribution in [0.25, 0.3) is 0 Å². The zero-order chi connectivity index (χ0) is 22.1. The van der Waals surface area contributed by atoms with Gasteiger partial charge in [0.05, 0.1) is 12.8 Å². The van der Waals surface area contributed by atoms with Crippen molar-refractivity contribution < 1.29 is 14.6 Å². The number of nitrogens with two attached hydrogens (primary N) is 1. The first-order chi connectivity index (χ1) is 14.1. The number of hydrogen-bond donors (Lipinski definition) is 3. The number of anilines is 3. The van der Waals surface area contributed by atoms with Crippen molar-refractivity contribution in [3.63, 3.8) is 0 Å². The predicted molar refractivity (Wildman–Crippen MR) is 117 cm³/mol. The summed E-state index contributed by atoms with van der Waals surface area (Å²) in [4.78, 5) is 24.8. The molecule has 1 fully saturated rings. The van der Waals surface area contributed by atoms with Gasteiger partial charge in [0.2, 0.25) is 0 Å². The number of carbonyl (C=O) groups is 1. The molecule has 0 saturated carbocycles. The summed E-state index contributed by atoms with van der Waals surface area (Å²) in [6.45, 7) is 6.78. The van der Waals surface area contributed by atoms with Crippen LogP contribution in [0.15, 0.2) is 18.2 Å². The SMILES string of the molecule is COc1cc(Nc2nc(Cl)c(C(C)(C)O)nc2C(N)=O)ccc1N1CCN(C)CC1. The number of likely N-dealkylation sites (N-methyl/N-ethyl adjacent to an activating group) is 1. The summed E-state index contributed by atoms with van der Waals surface area (Å²) in [5, 5.41) is 13.2. The van der Waals surface area contributed by atoms with Crippen molar-refractivity contribution in [1.29, 1.82) is 0 Å². The molecule has 10 heteroatoms. The number of piperazine rings is 1. The molecule has 0 unspecified atom stereocenters. The fourth-order valence-corrected chi connectivity index (χ4v) is 3.62. The van der Waals surface area contributed by atoms with Gasteiger partial charge in [-0.3, -0.25) is 4.79 Å². The van der Waals surface area contributed by atoms with Crippen molar-refractivity contribution in [2.45, 2.75) is 19.4 Å². The molecule has 1 aliphatic rings. The fraction of sp³-hybridized carbons (Fsp3) is 0.450. The first kappa shape index (κ1) is 22.1. The molecule has 1 aromatic carbocycles. The van der Waals surface area contributed by atoms with E-state index in [1.165, 1.54) is 13.8 Å². The summed E-state index contributed by atoms with van der Waals surface area (Å²) in [5.41, 5.74) is 5.69. The number of halogens is 1. The average molecular weight is 435 g/mol. The molecule has 0 spiro atoms. The number of amides is 1. The lowest BCUT2D eigenvalue weighted by molar-refractivity contribution is 0.0732. The van der Waals surface area contributed by atoms with E-state index in [0.717, 1.165) is 31.9 Å². The highest BCUT2D eigenvalue weighted by Gasteiger charge is 2.27. The zero-order valence-corrected chi connectivity index (χ0v) is 18.3. The first-order valence-corrected chi connectivity index (χ1v) is 9.96. The van der Waals surface area contributed by atoms with Gasteiger partial charge in [0.15, 0.2) is 16.7 Å². The number of ether oxygens (including phenoxy) is 1. The molecule has 4 N–H and O–H groups in total. The lowest BCUT2D eigenvalue weighted by Gasteiger charge is -2.34. The van der Waals surface area contributed by atoms with Crippen LogP contribution in [-0.2, 0) is 5.60 Å². The van der Waals surface area contributed by atoms with E-state index in [9.17, 15) is 9.90 Å². The number of nitrogens with zero attached hydrogens (tertiary/aromatic N) is 4. The number of hydrogen-bond acceptors (Lipinski definition) is 8. The molecular weight excluding hydrogens is 408 g/mol. The number of benzene rings is 1. The Hall–Kier alpha value is -2.62. The molecule has 2 aromatic rings. The Morgan fingerprint density at radius 3 is 2.50 bits per heavy atom. The molecule has 162 valence electrons. The van der Waals surface area contributed by atoms with Crippen LogP contribution in [0.3, 0.4) is 0 Å². The number of methoxy groups -OCH3 is 1. The first-order valence-electron chi connectivity index (χ1n) is 9.59. The van der Waals surface area contributed by atoms with E-state index >= 15 is 0 Å². The summed E-state index contributed by atoms with van der Waals surface area (Å²) in [6.07, 6.45) is 0. The summed E-state index contributed by atoms with van der Waals surface area (Å²) in [5.74, 6) is 0.0143. The van der Waals surface area contributed by atoms with Gasteiger partial charge in [-0.15, -0.1) is 0 Å². The Kier molecular flexibility index (Phi) is 6.35. The summed E-state index contributed by atoms with van der Waals surface area (Å²) < 4.78 is 5.59. The molecule has 30 heavy (non-hydrogen) atoms.